The molecule has 1 N–H and O–H groups in total. The molecular weight excluding hydrogens is 394 g/mol. The van der Waals surface area contributed by atoms with Crippen LogP contribution in [0.5, 0.6) is 0 Å². The van der Waals surface area contributed by atoms with Gasteiger partial charge in [0, 0.05) is 56.8 Å². The molecule has 0 saturated carbocycles. The Labute approximate surface area is 184 Å². The Hall–Kier alpha value is -1.96. The average molecular weight is 428 g/mol. The minimum absolute atomic E-state index is 0.248. The lowest BCUT2D eigenvalue weighted by Gasteiger charge is -2.36. The summed E-state index contributed by atoms with van der Waals surface area (Å²) >= 11 is 1.81. The first-order chi connectivity index (χ1) is 14.8. The third-order valence-electron chi connectivity index (χ3n) is 5.82. The van der Waals surface area contributed by atoms with Crippen molar-refractivity contribution >= 4 is 17.3 Å². The van der Waals surface area contributed by atoms with E-state index in [1.807, 2.05) is 6.20 Å². The van der Waals surface area contributed by atoms with E-state index in [-0.39, 0.29) is 6.10 Å². The zero-order chi connectivity index (χ0) is 20.8. The first kappa shape index (κ1) is 21.3. The van der Waals surface area contributed by atoms with E-state index in [2.05, 4.69) is 64.3 Å². The number of hydrogen-bond acceptors (Lipinski definition) is 5. The molecule has 162 valence electrons. The van der Waals surface area contributed by atoms with E-state index in [4.69, 9.17) is 9.73 Å². The molecule has 1 aromatic carbocycles. The molecule has 3 heterocycles. The van der Waals surface area contributed by atoms with Crippen molar-refractivity contribution in [2.24, 2.45) is 4.99 Å². The van der Waals surface area contributed by atoms with E-state index in [1.54, 1.807) is 11.3 Å². The number of nitrogens with one attached hydrogen (secondary N) is 1. The van der Waals surface area contributed by atoms with Gasteiger partial charge in [0.15, 0.2) is 5.96 Å². The number of thiazole rings is 1. The summed E-state index contributed by atoms with van der Waals surface area (Å²) in [6, 6.07) is 11.2. The van der Waals surface area contributed by atoms with Gasteiger partial charge < -0.3 is 15.0 Å². The fourth-order valence-corrected chi connectivity index (χ4v) is 5.11. The molecule has 2 aromatic rings. The minimum Gasteiger partial charge on any atom is -0.373 e. The number of aromatic nitrogens is 1. The van der Waals surface area contributed by atoms with Crippen molar-refractivity contribution in [3.63, 3.8) is 0 Å². The van der Waals surface area contributed by atoms with Gasteiger partial charge in [0.05, 0.1) is 23.8 Å². The van der Waals surface area contributed by atoms with Gasteiger partial charge >= 0.3 is 0 Å². The summed E-state index contributed by atoms with van der Waals surface area (Å²) in [7, 11) is 0. The van der Waals surface area contributed by atoms with E-state index in [0.717, 1.165) is 64.7 Å². The molecule has 0 radical (unpaired) electrons. The average Bonchev–Trinajstić information content (AvgIpc) is 3.41. The summed E-state index contributed by atoms with van der Waals surface area (Å²) in [5.41, 5.74) is 1.37. The number of morpholine rings is 1. The van der Waals surface area contributed by atoms with E-state index in [9.17, 15) is 0 Å². The van der Waals surface area contributed by atoms with Gasteiger partial charge in [-0.3, -0.25) is 9.89 Å². The molecule has 2 aliphatic rings. The largest absolute Gasteiger partial charge is 0.373 e. The molecular formula is C23H33N5OS. The van der Waals surface area contributed by atoms with Crippen LogP contribution in [0.4, 0.5) is 0 Å². The summed E-state index contributed by atoms with van der Waals surface area (Å²) in [5, 5.41) is 4.67. The number of likely N-dealkylation sites (tertiary alicyclic amines) is 1. The molecule has 2 aliphatic heterocycles. The lowest BCUT2D eigenvalue weighted by Crippen LogP contribution is -2.50. The van der Waals surface area contributed by atoms with Gasteiger partial charge in [-0.25, -0.2) is 4.98 Å². The number of benzene rings is 1. The third-order valence-corrected chi connectivity index (χ3v) is 7.02. The first-order valence-electron chi connectivity index (χ1n) is 11.1. The van der Waals surface area contributed by atoms with Crippen molar-refractivity contribution in [1.29, 1.82) is 0 Å². The Kier molecular flexibility index (Phi) is 7.36. The van der Waals surface area contributed by atoms with Gasteiger partial charge in [0.1, 0.15) is 0 Å². The Morgan fingerprint density at radius 1 is 1.27 bits per heavy atom. The van der Waals surface area contributed by atoms with E-state index >= 15 is 0 Å². The van der Waals surface area contributed by atoms with Crippen LogP contribution in [0.1, 0.15) is 29.3 Å². The molecule has 1 aromatic heterocycles. The second-order valence-corrected chi connectivity index (χ2v) is 9.10. The fraction of sp³-hybridized carbons (Fsp3) is 0.565. The first-order valence-corrected chi connectivity index (χ1v) is 11.9. The third kappa shape index (κ3) is 5.20. The number of hydrogen-bond donors (Lipinski definition) is 1. The van der Waals surface area contributed by atoms with E-state index in [1.165, 1.54) is 15.4 Å². The Morgan fingerprint density at radius 2 is 2.13 bits per heavy atom. The van der Waals surface area contributed by atoms with E-state index < -0.39 is 0 Å². The second-order valence-electron chi connectivity index (χ2n) is 7.90. The zero-order valence-corrected chi connectivity index (χ0v) is 18.9. The van der Waals surface area contributed by atoms with Gasteiger partial charge in [0.2, 0.25) is 0 Å². The molecule has 7 heteroatoms. The van der Waals surface area contributed by atoms with Gasteiger partial charge in [-0.15, -0.1) is 11.3 Å². The highest BCUT2D eigenvalue weighted by molar-refractivity contribution is 7.11. The standard InChI is InChI=1S/C23H33N5OS/c1-3-19-14-26-22(30-19)10-11-25-23(24-4-2)28-16-20-21(17-28)29-13-12-27(20)15-18-8-6-5-7-9-18/h5-9,14,20-21H,3-4,10-13,15-17H2,1-2H3,(H,24,25). The van der Waals surface area contributed by atoms with Crippen molar-refractivity contribution in [1.82, 2.24) is 20.1 Å². The Morgan fingerprint density at radius 3 is 2.90 bits per heavy atom. The summed E-state index contributed by atoms with van der Waals surface area (Å²) in [4.78, 5) is 15.7. The maximum atomic E-state index is 6.14. The summed E-state index contributed by atoms with van der Waals surface area (Å²) < 4.78 is 6.14. The smallest absolute Gasteiger partial charge is 0.194 e. The quantitative estimate of drug-likeness (QED) is 0.544. The van der Waals surface area contributed by atoms with Crippen molar-refractivity contribution < 1.29 is 4.74 Å². The zero-order valence-electron chi connectivity index (χ0n) is 18.1. The highest BCUT2D eigenvalue weighted by Gasteiger charge is 2.41. The SMILES string of the molecule is CCNC(=NCCc1ncc(CC)s1)N1CC2OCCN(Cc3ccccc3)C2C1. The number of ether oxygens (including phenoxy) is 1. The molecule has 2 fully saturated rings. The predicted molar refractivity (Wildman–Crippen MR) is 123 cm³/mol. The molecule has 2 saturated heterocycles. The van der Waals surface area contributed by atoms with Crippen LogP contribution >= 0.6 is 11.3 Å². The highest BCUT2D eigenvalue weighted by Crippen LogP contribution is 2.24. The molecule has 4 rings (SSSR count). The molecule has 0 aliphatic carbocycles. The van der Waals surface area contributed by atoms with Crippen LogP contribution in [0, 0.1) is 0 Å². The van der Waals surface area contributed by atoms with Crippen LogP contribution in [-0.2, 0) is 24.1 Å². The molecule has 2 atom stereocenters. The van der Waals surface area contributed by atoms with E-state index in [0.29, 0.717) is 6.04 Å². The Bertz CT molecular complexity index is 824. The lowest BCUT2D eigenvalue weighted by molar-refractivity contribution is -0.0502. The molecule has 0 amide bonds. The summed E-state index contributed by atoms with van der Waals surface area (Å²) in [6.45, 7) is 10.6. The van der Waals surface area contributed by atoms with Crippen molar-refractivity contribution in [2.45, 2.75) is 45.4 Å². The number of fused-ring (bicyclic) bond motifs is 1. The van der Waals surface area contributed by atoms with Crippen LogP contribution in [0.25, 0.3) is 0 Å². The summed E-state index contributed by atoms with van der Waals surface area (Å²) in [6.07, 6.45) is 4.20. The van der Waals surface area contributed by atoms with Crippen LogP contribution in [0.15, 0.2) is 41.5 Å². The molecule has 2 unspecified atom stereocenters. The van der Waals surface area contributed by atoms with Gasteiger partial charge in [-0.1, -0.05) is 37.3 Å². The van der Waals surface area contributed by atoms with Crippen molar-refractivity contribution in [3.05, 3.63) is 52.0 Å². The van der Waals surface area contributed by atoms with Gasteiger partial charge in [-0.2, -0.15) is 0 Å². The lowest BCUT2D eigenvalue weighted by atomic mass is 10.1. The van der Waals surface area contributed by atoms with Gasteiger partial charge in [-0.05, 0) is 18.9 Å². The number of guanidine groups is 1. The Balaban J connectivity index is 1.39. The van der Waals surface area contributed by atoms with Crippen LogP contribution in [0.3, 0.4) is 0 Å². The molecule has 0 bridgehead atoms. The van der Waals surface area contributed by atoms with Gasteiger partial charge in [0.25, 0.3) is 0 Å². The maximum Gasteiger partial charge on any atom is 0.194 e. The normalized spacial score (nSPS) is 22.3. The number of aryl methyl sites for hydroxylation is 1. The second kappa shape index (κ2) is 10.4. The monoisotopic (exact) mass is 427 g/mol. The van der Waals surface area contributed by atoms with Crippen LogP contribution in [-0.4, -0.2) is 72.2 Å². The minimum atomic E-state index is 0.248. The topological polar surface area (TPSA) is 53.0 Å². The number of aliphatic imine (C=N–C) groups is 1. The predicted octanol–water partition coefficient (Wildman–Crippen LogP) is 2.80. The highest BCUT2D eigenvalue weighted by atomic mass is 32.1. The van der Waals surface area contributed by atoms with Crippen LogP contribution in [0.2, 0.25) is 0 Å². The number of rotatable bonds is 7. The summed E-state index contributed by atoms with van der Waals surface area (Å²) in [5.74, 6) is 1.00. The molecule has 6 nitrogen and oxygen atoms in total. The molecule has 0 spiro atoms. The molecule has 30 heavy (non-hydrogen) atoms. The van der Waals surface area contributed by atoms with Crippen LogP contribution < -0.4 is 5.32 Å². The van der Waals surface area contributed by atoms with Crippen molar-refractivity contribution in [2.75, 3.05) is 39.3 Å². The van der Waals surface area contributed by atoms with Crippen molar-refractivity contribution in [3.8, 4) is 0 Å². The number of nitrogens with zero attached hydrogens (tertiary/aromatic N) is 4. The maximum absolute atomic E-state index is 6.14. The fourth-order valence-electron chi connectivity index (χ4n) is 4.26.